The molecular weight excluding hydrogens is 382 g/mol. The number of terminal acetylenes is 1. The second-order valence-corrected chi connectivity index (χ2v) is 6.79. The minimum absolute atomic E-state index is 0.130. The molecule has 0 N–H and O–H groups in total. The van der Waals surface area contributed by atoms with Gasteiger partial charge in [0.15, 0.2) is 6.61 Å². The van der Waals surface area contributed by atoms with Crippen LogP contribution in [0.1, 0.15) is 29.2 Å². The number of aromatic nitrogens is 4. The summed E-state index contributed by atoms with van der Waals surface area (Å²) >= 11 is 0. The highest BCUT2D eigenvalue weighted by Gasteiger charge is 2.14. The summed E-state index contributed by atoms with van der Waals surface area (Å²) in [5.41, 5.74) is 4.78. The Morgan fingerprint density at radius 3 is 2.67 bits per heavy atom. The molecule has 0 atom stereocenters. The molecule has 0 bridgehead atoms. The number of aryl methyl sites for hydroxylation is 3. The quantitative estimate of drug-likeness (QED) is 0.261. The molecule has 3 aromatic rings. The Balaban J connectivity index is 1.83. The first kappa shape index (κ1) is 20.9. The highest BCUT2D eigenvalue weighted by atomic mass is 16.6. The maximum atomic E-state index is 12.3. The third kappa shape index (κ3) is 4.41. The number of tetrazole rings is 1. The van der Waals surface area contributed by atoms with Crippen LogP contribution in [0.2, 0.25) is 0 Å². The van der Waals surface area contributed by atoms with Gasteiger partial charge >= 0.3 is 5.69 Å². The van der Waals surface area contributed by atoms with E-state index in [9.17, 15) is 4.79 Å². The molecule has 0 fully saturated rings. The molecule has 1 heterocycles. The Morgan fingerprint density at radius 1 is 1.20 bits per heavy atom. The summed E-state index contributed by atoms with van der Waals surface area (Å²) < 4.78 is 8.54. The second-order valence-electron chi connectivity index (χ2n) is 6.79. The van der Waals surface area contributed by atoms with Crippen molar-refractivity contribution in [2.45, 2.75) is 27.4 Å². The van der Waals surface area contributed by atoms with Crippen molar-refractivity contribution in [1.29, 1.82) is 0 Å². The molecule has 8 heteroatoms. The Morgan fingerprint density at radius 2 is 2.00 bits per heavy atom. The fourth-order valence-electron chi connectivity index (χ4n) is 2.94. The van der Waals surface area contributed by atoms with E-state index in [1.807, 2.05) is 57.2 Å². The Labute approximate surface area is 174 Å². The van der Waals surface area contributed by atoms with Gasteiger partial charge in [-0.05, 0) is 72.2 Å². The van der Waals surface area contributed by atoms with E-state index in [-0.39, 0.29) is 18.9 Å². The van der Waals surface area contributed by atoms with E-state index in [0.29, 0.717) is 5.69 Å². The first-order valence-corrected chi connectivity index (χ1v) is 9.34. The molecule has 3 rings (SSSR count). The van der Waals surface area contributed by atoms with Gasteiger partial charge in [-0.1, -0.05) is 23.2 Å². The zero-order valence-corrected chi connectivity index (χ0v) is 17.4. The lowest BCUT2D eigenvalue weighted by atomic mass is 10.1. The first-order chi connectivity index (χ1) is 14.4. The molecule has 0 aliphatic carbocycles. The normalized spacial score (nSPS) is 11.2. The third-order valence-electron chi connectivity index (χ3n) is 4.65. The molecule has 0 aliphatic heterocycles. The summed E-state index contributed by atoms with van der Waals surface area (Å²) in [6.07, 6.45) is 5.16. The predicted molar refractivity (Wildman–Crippen MR) is 114 cm³/mol. The summed E-state index contributed by atoms with van der Waals surface area (Å²) in [5.74, 6) is 3.11. The molecule has 0 aliphatic rings. The Kier molecular flexibility index (Phi) is 6.32. The molecule has 0 radical (unpaired) electrons. The van der Waals surface area contributed by atoms with Crippen LogP contribution in [-0.4, -0.2) is 32.1 Å². The van der Waals surface area contributed by atoms with Crippen LogP contribution in [-0.2, 0) is 18.5 Å². The number of oxime groups is 1. The van der Waals surface area contributed by atoms with E-state index in [4.69, 9.17) is 16.0 Å². The van der Waals surface area contributed by atoms with Crippen LogP contribution in [0.15, 0.2) is 46.3 Å². The van der Waals surface area contributed by atoms with E-state index in [0.717, 1.165) is 33.7 Å². The summed E-state index contributed by atoms with van der Waals surface area (Å²) in [4.78, 5) is 17.3. The smallest absolute Gasteiger partial charge is 0.368 e. The zero-order valence-electron chi connectivity index (χ0n) is 17.4. The van der Waals surface area contributed by atoms with E-state index in [1.165, 1.54) is 9.36 Å². The van der Waals surface area contributed by atoms with Gasteiger partial charge in [0, 0.05) is 12.6 Å². The average Bonchev–Trinajstić information content (AvgIpc) is 3.06. The van der Waals surface area contributed by atoms with Gasteiger partial charge in [-0.25, -0.2) is 4.79 Å². The number of nitrogens with zero attached hydrogens (tertiary/aromatic N) is 5. The van der Waals surface area contributed by atoms with E-state index >= 15 is 0 Å². The highest BCUT2D eigenvalue weighted by Crippen LogP contribution is 2.24. The third-order valence-corrected chi connectivity index (χ3v) is 4.65. The minimum atomic E-state index is -0.316. The molecule has 0 amide bonds. The van der Waals surface area contributed by atoms with Gasteiger partial charge in [-0.15, -0.1) is 6.42 Å². The van der Waals surface area contributed by atoms with Gasteiger partial charge in [0.05, 0.1) is 11.4 Å². The fraction of sp³-hybridized carbons (Fsp3) is 0.273. The van der Waals surface area contributed by atoms with Crippen LogP contribution >= 0.6 is 0 Å². The lowest BCUT2D eigenvalue weighted by molar-refractivity contribution is 0.180. The SMILES string of the molecule is C#CCON=C(C)c1ccc(OCc2c(C)cccc2-n2nnn(C)c2=O)c(C)c1. The number of rotatable bonds is 7. The summed E-state index contributed by atoms with van der Waals surface area (Å²) in [6, 6.07) is 11.4. The van der Waals surface area contributed by atoms with Crippen molar-refractivity contribution >= 4 is 5.71 Å². The monoisotopic (exact) mass is 405 g/mol. The molecule has 1 aromatic heterocycles. The Bertz CT molecular complexity index is 1180. The van der Waals surface area contributed by atoms with Crippen LogP contribution in [0.5, 0.6) is 5.75 Å². The Hall–Kier alpha value is -3.86. The molecule has 2 aromatic carbocycles. The van der Waals surface area contributed by atoms with Crippen LogP contribution in [0.25, 0.3) is 5.69 Å². The molecule has 154 valence electrons. The van der Waals surface area contributed by atoms with Crippen LogP contribution < -0.4 is 10.4 Å². The highest BCUT2D eigenvalue weighted by molar-refractivity contribution is 5.98. The van der Waals surface area contributed by atoms with Crippen LogP contribution in [0.4, 0.5) is 0 Å². The number of ether oxygens (including phenoxy) is 1. The first-order valence-electron chi connectivity index (χ1n) is 9.34. The van der Waals surface area contributed by atoms with Crippen molar-refractivity contribution in [3.05, 3.63) is 69.1 Å². The molecule has 30 heavy (non-hydrogen) atoms. The molecule has 0 saturated heterocycles. The molecular formula is C22H23N5O3. The summed E-state index contributed by atoms with van der Waals surface area (Å²) in [7, 11) is 1.56. The lowest BCUT2D eigenvalue weighted by Gasteiger charge is -2.15. The number of benzene rings is 2. The molecule has 0 saturated carbocycles. The van der Waals surface area contributed by atoms with Crippen molar-refractivity contribution in [2.75, 3.05) is 6.61 Å². The van der Waals surface area contributed by atoms with Crippen LogP contribution in [0.3, 0.4) is 0 Å². The number of hydrogen-bond acceptors (Lipinski definition) is 6. The summed E-state index contributed by atoms with van der Waals surface area (Å²) in [5, 5.41) is 11.7. The lowest BCUT2D eigenvalue weighted by Crippen LogP contribution is -2.23. The summed E-state index contributed by atoms with van der Waals surface area (Å²) in [6.45, 7) is 6.19. The van der Waals surface area contributed by atoms with E-state index in [1.54, 1.807) is 7.05 Å². The standard InChI is InChI=1S/C22H23N5O3/c1-6-12-30-23-17(4)18-10-11-21(16(3)13-18)29-14-19-15(2)8-7-9-20(19)27-22(28)26(5)24-25-27/h1,7-11,13H,12,14H2,2-5H3. The van der Waals surface area contributed by atoms with Gasteiger partial charge in [-0.3, -0.25) is 0 Å². The van der Waals surface area contributed by atoms with Gasteiger partial charge in [0.1, 0.15) is 12.4 Å². The van der Waals surface area contributed by atoms with Gasteiger partial charge in [0.2, 0.25) is 0 Å². The van der Waals surface area contributed by atoms with Gasteiger partial charge < -0.3 is 9.57 Å². The van der Waals surface area contributed by atoms with Gasteiger partial charge in [0.25, 0.3) is 0 Å². The van der Waals surface area contributed by atoms with Crippen LogP contribution in [0, 0.1) is 26.2 Å². The molecule has 0 unspecified atom stereocenters. The van der Waals surface area contributed by atoms with Crippen molar-refractivity contribution in [1.82, 2.24) is 19.8 Å². The van der Waals surface area contributed by atoms with Gasteiger partial charge in [-0.2, -0.15) is 9.36 Å². The molecule has 8 nitrogen and oxygen atoms in total. The maximum Gasteiger partial charge on any atom is 0.368 e. The zero-order chi connectivity index (χ0) is 21.7. The van der Waals surface area contributed by atoms with Crippen molar-refractivity contribution in [3.63, 3.8) is 0 Å². The van der Waals surface area contributed by atoms with Crippen molar-refractivity contribution < 1.29 is 9.57 Å². The maximum absolute atomic E-state index is 12.3. The largest absolute Gasteiger partial charge is 0.489 e. The average molecular weight is 405 g/mol. The predicted octanol–water partition coefficient (Wildman–Crippen LogP) is 2.54. The topological polar surface area (TPSA) is 83.5 Å². The fourth-order valence-corrected chi connectivity index (χ4v) is 2.94. The van der Waals surface area contributed by atoms with E-state index in [2.05, 4.69) is 21.5 Å². The minimum Gasteiger partial charge on any atom is -0.489 e. The second kappa shape index (κ2) is 9.09. The van der Waals surface area contributed by atoms with E-state index < -0.39 is 0 Å². The molecule has 0 spiro atoms. The number of hydrogen-bond donors (Lipinski definition) is 0. The van der Waals surface area contributed by atoms with Crippen molar-refractivity contribution in [3.8, 4) is 23.8 Å². The van der Waals surface area contributed by atoms with Crippen molar-refractivity contribution in [2.24, 2.45) is 12.2 Å².